The van der Waals surface area contributed by atoms with Crippen LogP contribution >= 0.6 is 0 Å². The quantitative estimate of drug-likeness (QED) is 0.622. The largest absolute Gasteiger partial charge is 0.495 e. The lowest BCUT2D eigenvalue weighted by atomic mass is 10.2. The number of rotatable bonds is 7. The minimum absolute atomic E-state index is 0.136. The summed E-state index contributed by atoms with van der Waals surface area (Å²) in [6.45, 7) is 1.82. The molecule has 126 valence electrons. The Balaban J connectivity index is 2.03. The van der Waals surface area contributed by atoms with Crippen LogP contribution in [0, 0.1) is 10.1 Å². The molecule has 2 aromatic carbocycles. The molecule has 1 amide bonds. The highest BCUT2D eigenvalue weighted by molar-refractivity contribution is 5.93. The summed E-state index contributed by atoms with van der Waals surface area (Å²) in [5.41, 5.74) is 1.19. The van der Waals surface area contributed by atoms with Crippen molar-refractivity contribution in [2.75, 3.05) is 19.0 Å². The van der Waals surface area contributed by atoms with Gasteiger partial charge in [-0.25, -0.2) is 0 Å². The van der Waals surface area contributed by atoms with Gasteiger partial charge in [0.25, 0.3) is 11.6 Å². The molecule has 7 nitrogen and oxygen atoms in total. The predicted molar refractivity (Wildman–Crippen MR) is 89.6 cm³/mol. The Labute approximate surface area is 139 Å². The number of nitrogens with one attached hydrogen (secondary N) is 1. The maximum absolute atomic E-state index is 12.0. The monoisotopic (exact) mass is 330 g/mol. The van der Waals surface area contributed by atoms with E-state index in [1.165, 1.54) is 25.3 Å². The summed E-state index contributed by atoms with van der Waals surface area (Å²) in [6, 6.07) is 11.4. The molecule has 24 heavy (non-hydrogen) atoms. The zero-order valence-corrected chi connectivity index (χ0v) is 13.4. The van der Waals surface area contributed by atoms with Gasteiger partial charge in [0.1, 0.15) is 11.5 Å². The Bertz CT molecular complexity index is 746. The summed E-state index contributed by atoms with van der Waals surface area (Å²) in [4.78, 5) is 22.3. The van der Waals surface area contributed by atoms with E-state index in [1.807, 2.05) is 25.1 Å². The molecule has 0 saturated heterocycles. The number of anilines is 1. The second-order valence-corrected chi connectivity index (χ2v) is 4.98. The van der Waals surface area contributed by atoms with Crippen molar-refractivity contribution in [3.05, 3.63) is 58.1 Å². The maximum atomic E-state index is 12.0. The topological polar surface area (TPSA) is 90.7 Å². The molecule has 1 N–H and O–H groups in total. The molecule has 0 aliphatic heterocycles. The number of hydrogen-bond donors (Lipinski definition) is 1. The number of aryl methyl sites for hydroxylation is 1. The number of benzene rings is 2. The molecule has 0 spiro atoms. The van der Waals surface area contributed by atoms with E-state index >= 15 is 0 Å². The molecular formula is C17H18N2O5. The van der Waals surface area contributed by atoms with Gasteiger partial charge in [-0.2, -0.15) is 0 Å². The number of ether oxygens (including phenoxy) is 2. The summed E-state index contributed by atoms with van der Waals surface area (Å²) in [5, 5.41) is 13.4. The fraction of sp³-hybridized carbons (Fsp3) is 0.235. The average Bonchev–Trinajstić information content (AvgIpc) is 2.60. The lowest BCUT2D eigenvalue weighted by Crippen LogP contribution is -2.20. The van der Waals surface area contributed by atoms with Gasteiger partial charge in [0.05, 0.1) is 17.7 Å². The highest BCUT2D eigenvalue weighted by Crippen LogP contribution is 2.28. The Hall–Kier alpha value is -3.09. The maximum Gasteiger partial charge on any atom is 0.271 e. The summed E-state index contributed by atoms with van der Waals surface area (Å²) in [6.07, 6.45) is 0.869. The molecule has 0 atom stereocenters. The number of methoxy groups -OCH3 is 1. The van der Waals surface area contributed by atoms with Crippen LogP contribution in [0.2, 0.25) is 0 Å². The number of nitrogens with zero attached hydrogens (tertiary/aromatic N) is 1. The van der Waals surface area contributed by atoms with Gasteiger partial charge in [-0.1, -0.05) is 19.1 Å². The molecule has 2 rings (SSSR count). The van der Waals surface area contributed by atoms with Crippen molar-refractivity contribution in [1.29, 1.82) is 0 Å². The Kier molecular flexibility index (Phi) is 5.73. The lowest BCUT2D eigenvalue weighted by molar-refractivity contribution is -0.384. The Morgan fingerprint density at radius 1 is 1.25 bits per heavy atom. The van der Waals surface area contributed by atoms with Gasteiger partial charge in [0.15, 0.2) is 6.61 Å². The summed E-state index contributed by atoms with van der Waals surface area (Å²) in [7, 11) is 1.42. The zero-order chi connectivity index (χ0) is 17.5. The van der Waals surface area contributed by atoms with E-state index in [2.05, 4.69) is 5.32 Å². The number of carbonyl (C=O) groups is 1. The molecule has 0 radical (unpaired) electrons. The number of hydrogen-bond acceptors (Lipinski definition) is 5. The zero-order valence-electron chi connectivity index (χ0n) is 13.4. The highest BCUT2D eigenvalue weighted by Gasteiger charge is 2.14. The molecule has 2 aromatic rings. The van der Waals surface area contributed by atoms with Crippen LogP contribution in [0.25, 0.3) is 0 Å². The fourth-order valence-corrected chi connectivity index (χ4v) is 2.10. The van der Waals surface area contributed by atoms with Crippen molar-refractivity contribution >= 4 is 17.3 Å². The molecule has 0 aliphatic carbocycles. The van der Waals surface area contributed by atoms with Crippen LogP contribution in [-0.4, -0.2) is 24.5 Å². The number of amides is 1. The first-order chi connectivity index (χ1) is 11.5. The van der Waals surface area contributed by atoms with Crippen LogP contribution in [0.15, 0.2) is 42.5 Å². The molecule has 0 bridgehead atoms. The van der Waals surface area contributed by atoms with Gasteiger partial charge in [0.2, 0.25) is 0 Å². The van der Waals surface area contributed by atoms with Crippen molar-refractivity contribution in [3.8, 4) is 11.5 Å². The van der Waals surface area contributed by atoms with Crippen LogP contribution < -0.4 is 14.8 Å². The molecular weight excluding hydrogens is 312 g/mol. The van der Waals surface area contributed by atoms with Gasteiger partial charge >= 0.3 is 0 Å². The molecule has 0 aromatic heterocycles. The first-order valence-electron chi connectivity index (χ1n) is 7.37. The second kappa shape index (κ2) is 7.96. The molecule has 0 fully saturated rings. The van der Waals surface area contributed by atoms with E-state index in [0.717, 1.165) is 12.0 Å². The minimum Gasteiger partial charge on any atom is -0.495 e. The van der Waals surface area contributed by atoms with Crippen LogP contribution in [-0.2, 0) is 11.2 Å². The van der Waals surface area contributed by atoms with Crippen molar-refractivity contribution in [2.24, 2.45) is 0 Å². The van der Waals surface area contributed by atoms with E-state index in [-0.39, 0.29) is 18.0 Å². The normalized spacial score (nSPS) is 10.1. The van der Waals surface area contributed by atoms with Gasteiger partial charge in [-0.05, 0) is 30.2 Å². The lowest BCUT2D eigenvalue weighted by Gasteiger charge is -2.11. The standard InChI is InChI=1S/C17H18N2O5/c1-3-12-5-4-6-14(9-12)24-11-17(20)18-15-10-13(19(21)22)7-8-16(15)23-2/h4-10H,3,11H2,1-2H3,(H,18,20). The first-order valence-corrected chi connectivity index (χ1v) is 7.37. The highest BCUT2D eigenvalue weighted by atomic mass is 16.6. The van der Waals surface area contributed by atoms with Gasteiger partial charge in [-0.15, -0.1) is 0 Å². The second-order valence-electron chi connectivity index (χ2n) is 4.98. The van der Waals surface area contributed by atoms with Crippen molar-refractivity contribution < 1.29 is 19.2 Å². The third-order valence-corrected chi connectivity index (χ3v) is 3.34. The Morgan fingerprint density at radius 3 is 2.71 bits per heavy atom. The third-order valence-electron chi connectivity index (χ3n) is 3.34. The summed E-state index contributed by atoms with van der Waals surface area (Å²) < 4.78 is 10.5. The smallest absolute Gasteiger partial charge is 0.271 e. The fourth-order valence-electron chi connectivity index (χ4n) is 2.10. The Morgan fingerprint density at radius 2 is 2.04 bits per heavy atom. The van der Waals surface area contributed by atoms with Gasteiger partial charge in [0, 0.05) is 12.1 Å². The van der Waals surface area contributed by atoms with E-state index in [0.29, 0.717) is 11.5 Å². The summed E-state index contributed by atoms with van der Waals surface area (Å²) in [5.74, 6) is 0.494. The van der Waals surface area contributed by atoms with E-state index < -0.39 is 10.8 Å². The van der Waals surface area contributed by atoms with Crippen LogP contribution in [0.5, 0.6) is 11.5 Å². The predicted octanol–water partition coefficient (Wildman–Crippen LogP) is 3.18. The van der Waals surface area contributed by atoms with Crippen molar-refractivity contribution in [1.82, 2.24) is 0 Å². The van der Waals surface area contributed by atoms with Gasteiger partial charge < -0.3 is 14.8 Å². The number of carbonyl (C=O) groups excluding carboxylic acids is 1. The van der Waals surface area contributed by atoms with E-state index in [1.54, 1.807) is 6.07 Å². The third kappa shape index (κ3) is 4.45. The van der Waals surface area contributed by atoms with E-state index in [9.17, 15) is 14.9 Å². The van der Waals surface area contributed by atoms with Crippen LogP contribution in [0.4, 0.5) is 11.4 Å². The average molecular weight is 330 g/mol. The number of nitro benzene ring substituents is 1. The molecule has 0 heterocycles. The molecule has 0 saturated carbocycles. The number of non-ortho nitro benzene ring substituents is 1. The van der Waals surface area contributed by atoms with Crippen LogP contribution in [0.1, 0.15) is 12.5 Å². The van der Waals surface area contributed by atoms with Crippen molar-refractivity contribution in [2.45, 2.75) is 13.3 Å². The van der Waals surface area contributed by atoms with Gasteiger partial charge in [-0.3, -0.25) is 14.9 Å². The van der Waals surface area contributed by atoms with Crippen LogP contribution in [0.3, 0.4) is 0 Å². The minimum atomic E-state index is -0.540. The first kappa shape index (κ1) is 17.3. The van der Waals surface area contributed by atoms with E-state index in [4.69, 9.17) is 9.47 Å². The molecule has 7 heteroatoms. The summed E-state index contributed by atoms with van der Waals surface area (Å²) >= 11 is 0. The SMILES string of the molecule is CCc1cccc(OCC(=O)Nc2cc([N+](=O)[O-])ccc2OC)c1. The number of nitro groups is 1. The molecule has 0 unspecified atom stereocenters. The van der Waals surface area contributed by atoms with Crippen molar-refractivity contribution in [3.63, 3.8) is 0 Å². The molecule has 0 aliphatic rings.